The number of carbonyl (C=O) groups is 1. The molecule has 5 heteroatoms. The monoisotopic (exact) mass is 409 g/mol. The topological polar surface area (TPSA) is 38.8 Å². The van der Waals surface area contributed by atoms with Crippen LogP contribution >= 0.6 is 0 Å². The van der Waals surface area contributed by atoms with Crippen molar-refractivity contribution >= 4 is 5.91 Å². The van der Waals surface area contributed by atoms with Gasteiger partial charge in [-0.05, 0) is 49.3 Å². The van der Waals surface area contributed by atoms with E-state index in [-0.39, 0.29) is 23.8 Å². The Morgan fingerprint density at radius 3 is 2.73 bits per heavy atom. The number of likely N-dealkylation sites (N-methyl/N-ethyl adjacent to an activating group) is 1. The zero-order valence-corrected chi connectivity index (χ0v) is 17.5. The maximum atomic E-state index is 14.9. The van der Waals surface area contributed by atoms with Crippen LogP contribution in [0.2, 0.25) is 0 Å². The standard InChI is InChI=1S/C25H28FNO3/c1-3-27(21(28)13-15-7-5-4-6-8-15)19-14-16-9-12-20(29-2)25-22(16)23-17(19)10-11-18(26)24(23)30-25/h4-9,12,17-19,23-24H,3,10-11,13-14H2,1-2H3/t17?,18?,19-,23?,24?/m0/s1. The molecule has 1 saturated carbocycles. The average molecular weight is 410 g/mol. The minimum Gasteiger partial charge on any atom is -0.493 e. The molecule has 1 amide bonds. The number of ether oxygens (including phenoxy) is 2. The van der Waals surface area contributed by atoms with Gasteiger partial charge in [-0.3, -0.25) is 4.79 Å². The van der Waals surface area contributed by atoms with Crippen LogP contribution in [-0.4, -0.2) is 42.8 Å². The summed E-state index contributed by atoms with van der Waals surface area (Å²) in [5, 5.41) is 0. The highest BCUT2D eigenvalue weighted by atomic mass is 19.1. The van der Waals surface area contributed by atoms with E-state index in [9.17, 15) is 9.18 Å². The lowest BCUT2D eigenvalue weighted by Gasteiger charge is -2.47. The first-order valence-electron chi connectivity index (χ1n) is 11.0. The molecule has 1 heterocycles. The number of rotatable bonds is 5. The van der Waals surface area contributed by atoms with Gasteiger partial charge in [0.15, 0.2) is 11.5 Å². The van der Waals surface area contributed by atoms with Crippen molar-refractivity contribution in [2.75, 3.05) is 13.7 Å². The highest BCUT2D eigenvalue weighted by Crippen LogP contribution is 2.57. The summed E-state index contributed by atoms with van der Waals surface area (Å²) in [7, 11) is 1.63. The summed E-state index contributed by atoms with van der Waals surface area (Å²) in [5.74, 6) is 1.74. The minimum atomic E-state index is -0.981. The van der Waals surface area contributed by atoms with Crippen LogP contribution < -0.4 is 9.47 Å². The smallest absolute Gasteiger partial charge is 0.227 e. The van der Waals surface area contributed by atoms with Gasteiger partial charge in [0, 0.05) is 24.1 Å². The second-order valence-corrected chi connectivity index (χ2v) is 8.65. The molecule has 4 nitrogen and oxygen atoms in total. The third-order valence-electron chi connectivity index (χ3n) is 7.19. The molecule has 0 saturated heterocycles. The number of nitrogens with zero attached hydrogens (tertiary/aromatic N) is 1. The summed E-state index contributed by atoms with van der Waals surface area (Å²) in [6, 6.07) is 13.9. The highest BCUT2D eigenvalue weighted by Gasteiger charge is 2.54. The predicted molar refractivity (Wildman–Crippen MR) is 113 cm³/mol. The number of halogens is 1. The fourth-order valence-corrected chi connectivity index (χ4v) is 5.89. The number of amides is 1. The lowest BCUT2D eigenvalue weighted by molar-refractivity contribution is -0.135. The van der Waals surface area contributed by atoms with Gasteiger partial charge in [0.2, 0.25) is 5.91 Å². The van der Waals surface area contributed by atoms with Crippen LogP contribution in [0.5, 0.6) is 11.5 Å². The molecule has 0 aromatic heterocycles. The second kappa shape index (κ2) is 7.60. The van der Waals surface area contributed by atoms with Crippen molar-refractivity contribution in [1.82, 2.24) is 4.90 Å². The number of benzene rings is 2. The Balaban J connectivity index is 1.50. The molecule has 4 unspecified atom stereocenters. The van der Waals surface area contributed by atoms with Gasteiger partial charge in [-0.15, -0.1) is 0 Å². The molecule has 158 valence electrons. The quantitative estimate of drug-likeness (QED) is 0.739. The third-order valence-corrected chi connectivity index (χ3v) is 7.19. The van der Waals surface area contributed by atoms with Crippen LogP contribution in [0.25, 0.3) is 0 Å². The normalized spacial score (nSPS) is 28.4. The van der Waals surface area contributed by atoms with Crippen LogP contribution in [0.3, 0.4) is 0 Å². The molecule has 1 fully saturated rings. The van der Waals surface area contributed by atoms with Gasteiger partial charge in [0.25, 0.3) is 0 Å². The Bertz CT molecular complexity index is 947. The maximum absolute atomic E-state index is 14.9. The predicted octanol–water partition coefficient (Wildman–Crippen LogP) is 4.30. The van der Waals surface area contributed by atoms with Crippen LogP contribution in [0.4, 0.5) is 4.39 Å². The molecular weight excluding hydrogens is 381 g/mol. The molecule has 1 aliphatic heterocycles. The molecular formula is C25H28FNO3. The first kappa shape index (κ1) is 19.4. The molecule has 2 aromatic rings. The third kappa shape index (κ3) is 2.98. The molecule has 2 aliphatic carbocycles. The molecule has 0 bridgehead atoms. The highest BCUT2D eigenvalue weighted by molar-refractivity contribution is 5.79. The molecule has 2 aromatic carbocycles. The van der Waals surface area contributed by atoms with E-state index >= 15 is 0 Å². The Morgan fingerprint density at radius 2 is 2.00 bits per heavy atom. The zero-order chi connectivity index (χ0) is 20.8. The SMILES string of the molecule is CCN(C(=O)Cc1ccccc1)[C@H]1Cc2ccc(OC)c3c2C2C(O3)C(F)CCC21. The van der Waals surface area contributed by atoms with E-state index in [1.165, 1.54) is 5.56 Å². The van der Waals surface area contributed by atoms with E-state index in [1.54, 1.807) is 7.11 Å². The fraction of sp³-hybridized carbons (Fsp3) is 0.480. The first-order chi connectivity index (χ1) is 14.6. The van der Waals surface area contributed by atoms with Gasteiger partial charge in [0.1, 0.15) is 12.3 Å². The van der Waals surface area contributed by atoms with E-state index < -0.39 is 12.3 Å². The van der Waals surface area contributed by atoms with Crippen molar-refractivity contribution in [2.24, 2.45) is 5.92 Å². The summed E-state index contributed by atoms with van der Waals surface area (Å²) in [5.41, 5.74) is 3.31. The number of hydrogen-bond donors (Lipinski definition) is 0. The van der Waals surface area contributed by atoms with E-state index in [1.807, 2.05) is 48.2 Å². The summed E-state index contributed by atoms with van der Waals surface area (Å²) in [4.78, 5) is 15.3. The van der Waals surface area contributed by atoms with Crippen molar-refractivity contribution in [2.45, 2.75) is 56.8 Å². The zero-order valence-electron chi connectivity index (χ0n) is 17.5. The number of methoxy groups -OCH3 is 1. The lowest BCUT2D eigenvalue weighted by Crippen LogP contribution is -2.54. The van der Waals surface area contributed by atoms with Gasteiger partial charge < -0.3 is 14.4 Å². The molecule has 0 spiro atoms. The minimum absolute atomic E-state index is 0.00817. The average Bonchev–Trinajstić information content (AvgIpc) is 3.17. The summed E-state index contributed by atoms with van der Waals surface area (Å²) < 4.78 is 26.5. The Labute approximate surface area is 177 Å². The molecule has 3 aliphatic rings. The van der Waals surface area contributed by atoms with Gasteiger partial charge in [-0.1, -0.05) is 36.4 Å². The second-order valence-electron chi connectivity index (χ2n) is 8.65. The van der Waals surface area contributed by atoms with Crippen molar-refractivity contribution in [3.63, 3.8) is 0 Å². The molecule has 0 radical (unpaired) electrons. The van der Waals surface area contributed by atoms with Crippen molar-refractivity contribution < 1.29 is 18.7 Å². The molecule has 5 rings (SSSR count). The Morgan fingerprint density at radius 1 is 1.20 bits per heavy atom. The largest absolute Gasteiger partial charge is 0.493 e. The fourth-order valence-electron chi connectivity index (χ4n) is 5.89. The van der Waals surface area contributed by atoms with Crippen LogP contribution in [0.15, 0.2) is 42.5 Å². The number of hydrogen-bond acceptors (Lipinski definition) is 3. The molecule has 30 heavy (non-hydrogen) atoms. The Hall–Kier alpha value is -2.56. The number of carbonyl (C=O) groups excluding carboxylic acids is 1. The van der Waals surface area contributed by atoms with Gasteiger partial charge >= 0.3 is 0 Å². The summed E-state index contributed by atoms with van der Waals surface area (Å²) >= 11 is 0. The van der Waals surface area contributed by atoms with Crippen molar-refractivity contribution in [3.8, 4) is 11.5 Å². The van der Waals surface area contributed by atoms with E-state index in [0.717, 1.165) is 29.7 Å². The van der Waals surface area contributed by atoms with Crippen LogP contribution in [0.1, 0.15) is 42.4 Å². The van der Waals surface area contributed by atoms with Gasteiger partial charge in [-0.25, -0.2) is 4.39 Å². The summed E-state index contributed by atoms with van der Waals surface area (Å²) in [6.45, 7) is 2.70. The molecule has 5 atom stereocenters. The van der Waals surface area contributed by atoms with Gasteiger partial charge in [-0.2, -0.15) is 0 Å². The van der Waals surface area contributed by atoms with Gasteiger partial charge in [0.05, 0.1) is 13.5 Å². The first-order valence-corrected chi connectivity index (χ1v) is 11.0. The maximum Gasteiger partial charge on any atom is 0.227 e. The number of alkyl halides is 1. The van der Waals surface area contributed by atoms with E-state index in [2.05, 4.69) is 6.07 Å². The van der Waals surface area contributed by atoms with Crippen LogP contribution in [0, 0.1) is 5.92 Å². The Kier molecular flexibility index (Phi) is 4.92. The van der Waals surface area contributed by atoms with E-state index in [0.29, 0.717) is 25.1 Å². The van der Waals surface area contributed by atoms with Crippen molar-refractivity contribution in [3.05, 3.63) is 59.2 Å². The lowest BCUT2D eigenvalue weighted by atomic mass is 9.64. The van der Waals surface area contributed by atoms with E-state index in [4.69, 9.17) is 9.47 Å². The van der Waals surface area contributed by atoms with Crippen LogP contribution in [-0.2, 0) is 17.6 Å². The molecule has 0 N–H and O–H groups in total. The van der Waals surface area contributed by atoms with Crippen molar-refractivity contribution in [1.29, 1.82) is 0 Å². The summed E-state index contributed by atoms with van der Waals surface area (Å²) in [6.07, 6.45) is 0.994.